The first-order valence-corrected chi connectivity index (χ1v) is 8.60. The van der Waals surface area contributed by atoms with Gasteiger partial charge in [0, 0.05) is 7.05 Å². The average molecular weight is 374 g/mol. The van der Waals surface area contributed by atoms with Crippen molar-refractivity contribution < 1.29 is 17.9 Å². The van der Waals surface area contributed by atoms with Crippen LogP contribution in [-0.2, 0) is 14.8 Å². The van der Waals surface area contributed by atoms with Gasteiger partial charge in [0.15, 0.2) is 0 Å². The molecule has 0 radical (unpaired) electrons. The molecule has 0 spiro atoms. The molecular weight excluding hydrogens is 361 g/mol. The monoisotopic (exact) mass is 373 g/mol. The third kappa shape index (κ3) is 3.44. The van der Waals surface area contributed by atoms with Crippen LogP contribution < -0.4 is 4.31 Å². The summed E-state index contributed by atoms with van der Waals surface area (Å²) in [6, 6.07) is 10.8. The first-order valence-electron chi connectivity index (χ1n) is 6.40. The maximum atomic E-state index is 12.9. The van der Waals surface area contributed by atoms with Crippen molar-refractivity contribution in [3.05, 3.63) is 58.1 Å². The van der Waals surface area contributed by atoms with E-state index >= 15 is 0 Å². The third-order valence-corrected chi connectivity index (χ3v) is 5.73. The number of hydrogen-bond acceptors (Lipinski definition) is 4. The van der Waals surface area contributed by atoms with E-state index in [4.69, 9.17) is 23.2 Å². The molecule has 5 nitrogen and oxygen atoms in total. The molecule has 0 N–H and O–H groups in total. The highest BCUT2D eigenvalue weighted by molar-refractivity contribution is 7.92. The van der Waals surface area contributed by atoms with E-state index in [0.29, 0.717) is 5.69 Å². The van der Waals surface area contributed by atoms with Gasteiger partial charge < -0.3 is 4.74 Å². The smallest absolute Gasteiger partial charge is 0.339 e. The summed E-state index contributed by atoms with van der Waals surface area (Å²) in [6.45, 7) is 0. The van der Waals surface area contributed by atoms with Crippen LogP contribution in [0.15, 0.2) is 47.4 Å². The van der Waals surface area contributed by atoms with Crippen LogP contribution in [0.5, 0.6) is 0 Å². The van der Waals surface area contributed by atoms with Gasteiger partial charge in [-0.3, -0.25) is 4.31 Å². The Morgan fingerprint density at radius 2 is 1.65 bits per heavy atom. The topological polar surface area (TPSA) is 63.7 Å². The summed E-state index contributed by atoms with van der Waals surface area (Å²) in [4.78, 5) is 11.6. The molecule has 2 aromatic rings. The Morgan fingerprint density at radius 3 is 2.22 bits per heavy atom. The zero-order valence-corrected chi connectivity index (χ0v) is 14.6. The summed E-state index contributed by atoms with van der Waals surface area (Å²) in [5.74, 6) is -0.816. The lowest BCUT2D eigenvalue weighted by Crippen LogP contribution is -2.28. The number of anilines is 1. The summed E-state index contributed by atoms with van der Waals surface area (Å²) < 4.78 is 31.4. The lowest BCUT2D eigenvalue weighted by molar-refractivity contribution is 0.0596. The van der Waals surface area contributed by atoms with Crippen molar-refractivity contribution in [3.63, 3.8) is 0 Å². The SMILES string of the molecule is COC(=O)c1cc(Cl)c(Cl)cc1S(=O)(=O)N(C)c1ccccc1. The molecule has 122 valence electrons. The van der Waals surface area contributed by atoms with Crippen molar-refractivity contribution in [1.82, 2.24) is 0 Å². The Bertz CT molecular complexity index is 838. The quantitative estimate of drug-likeness (QED) is 0.767. The van der Waals surface area contributed by atoms with Crippen molar-refractivity contribution in [2.75, 3.05) is 18.5 Å². The highest BCUT2D eigenvalue weighted by atomic mass is 35.5. The summed E-state index contributed by atoms with van der Waals surface area (Å²) in [5.41, 5.74) is 0.263. The Balaban J connectivity index is 2.64. The molecule has 0 saturated heterocycles. The van der Waals surface area contributed by atoms with Gasteiger partial charge in [-0.05, 0) is 24.3 Å². The second-order valence-electron chi connectivity index (χ2n) is 4.56. The second kappa shape index (κ2) is 6.78. The number of rotatable bonds is 4. The molecule has 0 aliphatic carbocycles. The van der Waals surface area contributed by atoms with Gasteiger partial charge >= 0.3 is 5.97 Å². The fourth-order valence-electron chi connectivity index (χ4n) is 1.94. The number of halogens is 2. The van der Waals surface area contributed by atoms with Crippen LogP contribution in [0.25, 0.3) is 0 Å². The average Bonchev–Trinajstić information content (AvgIpc) is 2.56. The van der Waals surface area contributed by atoms with Crippen LogP contribution in [0.1, 0.15) is 10.4 Å². The minimum absolute atomic E-state index is 0.0272. The van der Waals surface area contributed by atoms with Crippen molar-refractivity contribution in [3.8, 4) is 0 Å². The van der Waals surface area contributed by atoms with Crippen molar-refractivity contribution >= 4 is 44.9 Å². The number of esters is 1. The van der Waals surface area contributed by atoms with Gasteiger partial charge in [0.2, 0.25) is 0 Å². The van der Waals surface area contributed by atoms with Gasteiger partial charge in [-0.1, -0.05) is 41.4 Å². The lowest BCUT2D eigenvalue weighted by atomic mass is 10.2. The van der Waals surface area contributed by atoms with Crippen LogP contribution in [0.4, 0.5) is 5.69 Å². The number of nitrogens with zero attached hydrogens (tertiary/aromatic N) is 1. The summed E-state index contributed by atoms with van der Waals surface area (Å²) in [7, 11) is -1.49. The second-order valence-corrected chi connectivity index (χ2v) is 7.31. The van der Waals surface area contributed by atoms with E-state index in [1.807, 2.05) is 0 Å². The molecule has 0 unspecified atom stereocenters. The fraction of sp³-hybridized carbons (Fsp3) is 0.133. The number of carbonyl (C=O) groups excluding carboxylic acids is 1. The molecule has 2 aromatic carbocycles. The first kappa shape index (κ1) is 17.6. The molecule has 0 aliphatic heterocycles. The van der Waals surface area contributed by atoms with E-state index in [0.717, 1.165) is 17.5 Å². The predicted molar refractivity (Wildman–Crippen MR) is 89.8 cm³/mol. The molecule has 0 saturated carbocycles. The molecule has 8 heteroatoms. The van der Waals surface area contributed by atoms with Crippen LogP contribution in [-0.4, -0.2) is 28.5 Å². The first-order chi connectivity index (χ1) is 10.8. The van der Waals surface area contributed by atoms with Gasteiger partial charge in [-0.2, -0.15) is 0 Å². The van der Waals surface area contributed by atoms with E-state index < -0.39 is 16.0 Å². The normalized spacial score (nSPS) is 11.1. The third-order valence-electron chi connectivity index (χ3n) is 3.19. The summed E-state index contributed by atoms with van der Waals surface area (Å²) >= 11 is 11.8. The van der Waals surface area contributed by atoms with Gasteiger partial charge in [-0.15, -0.1) is 0 Å². The number of carbonyl (C=O) groups is 1. The van der Waals surface area contributed by atoms with Crippen LogP contribution in [0, 0.1) is 0 Å². The van der Waals surface area contributed by atoms with Crippen LogP contribution >= 0.6 is 23.2 Å². The minimum Gasteiger partial charge on any atom is -0.465 e. The Kier molecular flexibility index (Phi) is 5.19. The minimum atomic E-state index is -4.03. The fourth-order valence-corrected chi connectivity index (χ4v) is 3.71. The standard InChI is InChI=1S/C15H13Cl2NO4S/c1-18(10-6-4-3-5-7-10)23(20,21)14-9-13(17)12(16)8-11(14)15(19)22-2/h3-9H,1-2H3. The summed E-state index contributed by atoms with van der Waals surface area (Å²) in [6.07, 6.45) is 0. The van der Waals surface area contributed by atoms with Gasteiger partial charge in [0.1, 0.15) is 4.90 Å². The molecular formula is C15H13Cl2NO4S. The molecule has 0 aliphatic rings. The van der Waals surface area contributed by atoms with Gasteiger partial charge in [-0.25, -0.2) is 13.2 Å². The Morgan fingerprint density at radius 1 is 1.09 bits per heavy atom. The molecule has 0 atom stereocenters. The maximum Gasteiger partial charge on any atom is 0.339 e. The number of methoxy groups -OCH3 is 1. The number of ether oxygens (including phenoxy) is 1. The van der Waals surface area contributed by atoms with Crippen molar-refractivity contribution in [2.24, 2.45) is 0 Å². The predicted octanol–water partition coefficient (Wildman–Crippen LogP) is 3.61. The lowest BCUT2D eigenvalue weighted by Gasteiger charge is -2.21. The number of hydrogen-bond donors (Lipinski definition) is 0. The zero-order valence-electron chi connectivity index (χ0n) is 12.3. The molecule has 0 aromatic heterocycles. The largest absolute Gasteiger partial charge is 0.465 e. The van der Waals surface area contributed by atoms with E-state index in [-0.39, 0.29) is 20.5 Å². The maximum absolute atomic E-state index is 12.9. The van der Waals surface area contributed by atoms with Crippen molar-refractivity contribution in [1.29, 1.82) is 0 Å². The Hall–Kier alpha value is -1.76. The van der Waals surface area contributed by atoms with Gasteiger partial charge in [0.05, 0.1) is 28.4 Å². The van der Waals surface area contributed by atoms with E-state index in [9.17, 15) is 13.2 Å². The Labute approximate surface area is 144 Å². The zero-order chi connectivity index (χ0) is 17.2. The van der Waals surface area contributed by atoms with E-state index in [2.05, 4.69) is 4.74 Å². The number of sulfonamides is 1. The molecule has 23 heavy (non-hydrogen) atoms. The van der Waals surface area contributed by atoms with Crippen LogP contribution in [0.2, 0.25) is 10.0 Å². The van der Waals surface area contributed by atoms with E-state index in [1.165, 1.54) is 13.1 Å². The molecule has 0 bridgehead atoms. The summed E-state index contributed by atoms with van der Waals surface area (Å²) in [5, 5.41) is 0.0905. The number of benzene rings is 2. The number of para-hydroxylation sites is 1. The van der Waals surface area contributed by atoms with E-state index in [1.54, 1.807) is 30.3 Å². The highest BCUT2D eigenvalue weighted by Gasteiger charge is 2.29. The molecule has 2 rings (SSSR count). The molecule has 0 amide bonds. The highest BCUT2D eigenvalue weighted by Crippen LogP contribution is 2.31. The molecule has 0 heterocycles. The van der Waals surface area contributed by atoms with Crippen molar-refractivity contribution in [2.45, 2.75) is 4.90 Å². The van der Waals surface area contributed by atoms with Crippen LogP contribution in [0.3, 0.4) is 0 Å². The van der Waals surface area contributed by atoms with Gasteiger partial charge in [0.25, 0.3) is 10.0 Å². The molecule has 0 fully saturated rings.